The van der Waals surface area contributed by atoms with E-state index in [4.69, 9.17) is 4.52 Å². The molecule has 0 atom stereocenters. The third-order valence-electron chi connectivity index (χ3n) is 2.83. The van der Waals surface area contributed by atoms with E-state index in [0.29, 0.717) is 18.3 Å². The highest BCUT2D eigenvalue weighted by atomic mass is 32.1. The van der Waals surface area contributed by atoms with E-state index in [0.717, 1.165) is 10.6 Å². The summed E-state index contributed by atoms with van der Waals surface area (Å²) in [6.07, 6.45) is 1.93. The summed E-state index contributed by atoms with van der Waals surface area (Å²) in [5.41, 5.74) is 0.844. The van der Waals surface area contributed by atoms with Crippen LogP contribution in [0.1, 0.15) is 32.5 Å². The Bertz CT molecular complexity index is 691. The van der Waals surface area contributed by atoms with Crippen LogP contribution in [0.5, 0.6) is 0 Å². The molecule has 3 heterocycles. The van der Waals surface area contributed by atoms with Gasteiger partial charge in [0.05, 0.1) is 4.88 Å². The standard InChI is InChI=1S/C14H16N4OS/c1-14(2,3)13-15-12(17-19-13)9-18-7-6-10(16-18)11-5-4-8-20-11/h4-8H,9H2,1-3H3. The molecule has 0 spiro atoms. The van der Waals surface area contributed by atoms with Crippen LogP contribution in [0, 0.1) is 0 Å². The first-order chi connectivity index (χ1) is 9.52. The van der Waals surface area contributed by atoms with Gasteiger partial charge in [-0.2, -0.15) is 10.1 Å². The molecule has 0 N–H and O–H groups in total. The lowest BCUT2D eigenvalue weighted by Gasteiger charge is -2.10. The van der Waals surface area contributed by atoms with E-state index in [1.54, 1.807) is 11.3 Å². The molecular formula is C14H16N4OS. The molecule has 0 saturated carbocycles. The minimum Gasteiger partial charge on any atom is -0.339 e. The van der Waals surface area contributed by atoms with E-state index in [9.17, 15) is 0 Å². The molecule has 0 fully saturated rings. The van der Waals surface area contributed by atoms with Crippen LogP contribution in [0.2, 0.25) is 0 Å². The maximum Gasteiger partial charge on any atom is 0.232 e. The normalized spacial score (nSPS) is 11.9. The van der Waals surface area contributed by atoms with Crippen molar-refractivity contribution in [2.45, 2.75) is 32.7 Å². The van der Waals surface area contributed by atoms with Crippen LogP contribution in [0.3, 0.4) is 0 Å². The van der Waals surface area contributed by atoms with E-state index >= 15 is 0 Å². The van der Waals surface area contributed by atoms with Gasteiger partial charge >= 0.3 is 0 Å². The van der Waals surface area contributed by atoms with E-state index in [1.165, 1.54) is 0 Å². The molecule has 3 aromatic heterocycles. The van der Waals surface area contributed by atoms with Gasteiger partial charge in [-0.05, 0) is 17.5 Å². The molecule has 5 nitrogen and oxygen atoms in total. The van der Waals surface area contributed by atoms with Crippen LogP contribution in [0.15, 0.2) is 34.3 Å². The molecule has 0 aliphatic rings. The predicted molar refractivity (Wildman–Crippen MR) is 77.6 cm³/mol. The van der Waals surface area contributed by atoms with Crippen molar-refractivity contribution < 1.29 is 4.52 Å². The lowest BCUT2D eigenvalue weighted by molar-refractivity contribution is 0.317. The first kappa shape index (κ1) is 13.1. The van der Waals surface area contributed by atoms with Crippen LogP contribution in [-0.4, -0.2) is 19.9 Å². The van der Waals surface area contributed by atoms with Crippen molar-refractivity contribution in [1.29, 1.82) is 0 Å². The van der Waals surface area contributed by atoms with Gasteiger partial charge in [0.15, 0.2) is 5.82 Å². The summed E-state index contributed by atoms with van der Waals surface area (Å²) in [7, 11) is 0. The van der Waals surface area contributed by atoms with Crippen LogP contribution in [0.4, 0.5) is 0 Å². The smallest absolute Gasteiger partial charge is 0.232 e. The van der Waals surface area contributed by atoms with Gasteiger partial charge in [-0.3, -0.25) is 4.68 Å². The van der Waals surface area contributed by atoms with Gasteiger partial charge in [-0.15, -0.1) is 11.3 Å². The quantitative estimate of drug-likeness (QED) is 0.741. The van der Waals surface area contributed by atoms with Gasteiger partial charge in [-0.1, -0.05) is 32.0 Å². The van der Waals surface area contributed by atoms with Gasteiger partial charge in [0, 0.05) is 11.6 Å². The van der Waals surface area contributed by atoms with Crippen molar-refractivity contribution in [2.75, 3.05) is 0 Å². The average Bonchev–Trinajstić information content (AvgIpc) is 3.08. The molecule has 0 amide bonds. The topological polar surface area (TPSA) is 56.7 Å². The van der Waals surface area contributed by atoms with Crippen LogP contribution >= 0.6 is 11.3 Å². The van der Waals surface area contributed by atoms with Crippen molar-refractivity contribution in [1.82, 2.24) is 19.9 Å². The van der Waals surface area contributed by atoms with Crippen molar-refractivity contribution in [3.8, 4) is 10.6 Å². The molecule has 0 bridgehead atoms. The fourth-order valence-corrected chi connectivity index (χ4v) is 2.46. The zero-order valence-corrected chi connectivity index (χ0v) is 12.5. The third kappa shape index (κ3) is 2.65. The molecule has 0 aliphatic heterocycles. The Morgan fingerprint density at radius 2 is 2.15 bits per heavy atom. The van der Waals surface area contributed by atoms with Crippen LogP contribution < -0.4 is 0 Å². The zero-order chi connectivity index (χ0) is 14.2. The number of aromatic nitrogens is 4. The molecule has 3 aromatic rings. The first-order valence-corrected chi connectivity index (χ1v) is 7.31. The lowest BCUT2D eigenvalue weighted by Crippen LogP contribution is -2.12. The van der Waals surface area contributed by atoms with E-state index < -0.39 is 0 Å². The number of hydrogen-bond donors (Lipinski definition) is 0. The molecule has 0 saturated heterocycles. The lowest BCUT2D eigenvalue weighted by atomic mass is 9.97. The van der Waals surface area contributed by atoms with Crippen molar-refractivity contribution in [3.05, 3.63) is 41.5 Å². The van der Waals surface area contributed by atoms with Crippen molar-refractivity contribution >= 4 is 11.3 Å². The van der Waals surface area contributed by atoms with Gasteiger partial charge in [-0.25, -0.2) is 0 Å². The Hall–Kier alpha value is -1.95. The van der Waals surface area contributed by atoms with Crippen LogP contribution in [0.25, 0.3) is 10.6 Å². The van der Waals surface area contributed by atoms with Gasteiger partial charge in [0.25, 0.3) is 0 Å². The average molecular weight is 288 g/mol. The molecule has 0 unspecified atom stereocenters. The second-order valence-corrected chi connectivity index (χ2v) is 6.59. The Kier molecular flexibility index (Phi) is 3.17. The second-order valence-electron chi connectivity index (χ2n) is 5.64. The maximum absolute atomic E-state index is 5.28. The molecule has 0 aliphatic carbocycles. The highest BCUT2D eigenvalue weighted by Gasteiger charge is 2.21. The van der Waals surface area contributed by atoms with Gasteiger partial charge in [0.1, 0.15) is 12.2 Å². The molecule has 3 rings (SSSR count). The number of thiophene rings is 1. The van der Waals surface area contributed by atoms with E-state index in [1.807, 2.05) is 49.2 Å². The minimum atomic E-state index is -0.127. The summed E-state index contributed by atoms with van der Waals surface area (Å²) in [4.78, 5) is 5.57. The number of rotatable bonds is 3. The summed E-state index contributed by atoms with van der Waals surface area (Å²) in [6, 6.07) is 6.08. The fourth-order valence-electron chi connectivity index (χ4n) is 1.77. The van der Waals surface area contributed by atoms with Gasteiger partial charge in [0.2, 0.25) is 5.89 Å². The molecule has 0 radical (unpaired) electrons. The fraction of sp³-hybridized carbons (Fsp3) is 0.357. The van der Waals surface area contributed by atoms with Gasteiger partial charge < -0.3 is 4.52 Å². The van der Waals surface area contributed by atoms with E-state index in [-0.39, 0.29) is 5.41 Å². The molecule has 0 aromatic carbocycles. The Morgan fingerprint density at radius 1 is 1.30 bits per heavy atom. The van der Waals surface area contributed by atoms with Crippen molar-refractivity contribution in [2.24, 2.45) is 0 Å². The summed E-state index contributed by atoms with van der Waals surface area (Å²) in [5, 5.41) is 10.6. The minimum absolute atomic E-state index is 0.127. The zero-order valence-electron chi connectivity index (χ0n) is 11.7. The number of hydrogen-bond acceptors (Lipinski definition) is 5. The second kappa shape index (κ2) is 4.86. The maximum atomic E-state index is 5.28. The predicted octanol–water partition coefficient (Wildman–Crippen LogP) is 3.34. The third-order valence-corrected chi connectivity index (χ3v) is 3.72. The largest absolute Gasteiger partial charge is 0.339 e. The highest BCUT2D eigenvalue weighted by molar-refractivity contribution is 7.13. The van der Waals surface area contributed by atoms with Crippen molar-refractivity contribution in [3.63, 3.8) is 0 Å². The van der Waals surface area contributed by atoms with Crippen LogP contribution in [-0.2, 0) is 12.0 Å². The summed E-state index contributed by atoms with van der Waals surface area (Å²) in [5.74, 6) is 1.30. The molecule has 20 heavy (non-hydrogen) atoms. The Morgan fingerprint density at radius 3 is 2.80 bits per heavy atom. The number of nitrogens with zero attached hydrogens (tertiary/aromatic N) is 4. The molecule has 6 heteroatoms. The SMILES string of the molecule is CC(C)(C)c1nc(Cn2ccc(-c3cccs3)n2)no1. The monoisotopic (exact) mass is 288 g/mol. The highest BCUT2D eigenvalue weighted by Crippen LogP contribution is 2.23. The molecule has 104 valence electrons. The molecular weight excluding hydrogens is 272 g/mol. The first-order valence-electron chi connectivity index (χ1n) is 6.43. The Balaban J connectivity index is 1.77. The summed E-state index contributed by atoms with van der Waals surface area (Å²) < 4.78 is 7.11. The summed E-state index contributed by atoms with van der Waals surface area (Å²) >= 11 is 1.68. The summed E-state index contributed by atoms with van der Waals surface area (Å²) in [6.45, 7) is 6.66. The van der Waals surface area contributed by atoms with E-state index in [2.05, 4.69) is 21.3 Å². The Labute approximate surface area is 121 Å².